The van der Waals surface area contributed by atoms with Gasteiger partial charge >= 0.3 is 0 Å². The number of carbonyl (C=O) groups excluding carboxylic acids is 1. The Bertz CT molecular complexity index is 1110. The fourth-order valence-corrected chi connectivity index (χ4v) is 4.89. The Morgan fingerprint density at radius 1 is 1.24 bits per heavy atom. The zero-order valence-corrected chi connectivity index (χ0v) is 21.7. The third-order valence-electron chi connectivity index (χ3n) is 6.52. The van der Waals surface area contributed by atoms with Crippen LogP contribution in [0.3, 0.4) is 0 Å². The number of thiol groups is 2. The van der Waals surface area contributed by atoms with E-state index in [9.17, 15) is 10.1 Å². The molecule has 2 aromatic rings. The van der Waals surface area contributed by atoms with Crippen molar-refractivity contribution in [1.82, 2.24) is 9.47 Å². The second-order valence-corrected chi connectivity index (χ2v) is 8.16. The SMILES string of the molecule is CC.COC1=CC(C(=O)N2CCC3(CC2)Nc2ccc(C#N)cc2-n2cccc23)CC=C1.SS. The minimum atomic E-state index is -0.207. The highest BCUT2D eigenvalue weighted by Gasteiger charge is 2.43. The van der Waals surface area contributed by atoms with Gasteiger partial charge in [-0.15, -0.1) is 23.3 Å². The first-order chi connectivity index (χ1) is 16.6. The van der Waals surface area contributed by atoms with Crippen LogP contribution in [-0.4, -0.2) is 35.6 Å². The van der Waals surface area contributed by atoms with Gasteiger partial charge in [0.2, 0.25) is 5.91 Å². The molecule has 0 saturated carbocycles. The van der Waals surface area contributed by atoms with Gasteiger partial charge in [-0.05, 0) is 61.7 Å². The predicted octanol–water partition coefficient (Wildman–Crippen LogP) is 5.49. The van der Waals surface area contributed by atoms with Crippen molar-refractivity contribution >= 4 is 34.9 Å². The van der Waals surface area contributed by atoms with Crippen LogP contribution in [0.1, 0.15) is 44.4 Å². The van der Waals surface area contributed by atoms with Crippen molar-refractivity contribution in [2.24, 2.45) is 5.92 Å². The van der Waals surface area contributed by atoms with E-state index >= 15 is 0 Å². The lowest BCUT2D eigenvalue weighted by Crippen LogP contribution is -2.52. The van der Waals surface area contributed by atoms with Crippen LogP contribution < -0.4 is 5.32 Å². The summed E-state index contributed by atoms with van der Waals surface area (Å²) in [6, 6.07) is 12.2. The van der Waals surface area contributed by atoms with Gasteiger partial charge in [-0.25, -0.2) is 0 Å². The predicted molar refractivity (Wildman–Crippen MR) is 143 cm³/mol. The molecule has 1 N–H and O–H groups in total. The van der Waals surface area contributed by atoms with Gasteiger partial charge in [-0.2, -0.15) is 5.26 Å². The lowest BCUT2D eigenvalue weighted by atomic mass is 9.81. The lowest BCUT2D eigenvalue weighted by Gasteiger charge is -2.46. The zero-order chi connectivity index (χ0) is 24.7. The van der Waals surface area contributed by atoms with E-state index < -0.39 is 0 Å². The van der Waals surface area contributed by atoms with E-state index in [1.54, 1.807) is 7.11 Å². The number of fused-ring (bicyclic) bond motifs is 4. The van der Waals surface area contributed by atoms with Crippen molar-refractivity contribution in [2.45, 2.75) is 38.6 Å². The average molecular weight is 497 g/mol. The maximum absolute atomic E-state index is 13.1. The largest absolute Gasteiger partial charge is 0.497 e. The Hall–Kier alpha value is -2.76. The molecule has 0 radical (unpaired) electrons. The standard InChI is InChI=1S/C24H24N4O2.C2H6.H2S2/c1-30-19-5-2-4-18(15-19)23(29)27-12-9-24(10-13-27)22-6-3-11-28(22)21-14-17(16-25)7-8-20(21)26-24;2*1-2/h2-3,5-8,11,14-15,18,26H,4,9-10,12-13H2,1H3;1-2H3;1-2H. The molecule has 5 rings (SSSR count). The molecule has 0 bridgehead atoms. The summed E-state index contributed by atoms with van der Waals surface area (Å²) in [6.07, 6.45) is 10.3. The monoisotopic (exact) mass is 496 g/mol. The van der Waals surface area contributed by atoms with E-state index in [1.165, 1.54) is 5.69 Å². The lowest BCUT2D eigenvalue weighted by molar-refractivity contribution is -0.135. The summed E-state index contributed by atoms with van der Waals surface area (Å²) in [5.74, 6) is 0.787. The van der Waals surface area contributed by atoms with E-state index in [1.807, 2.05) is 55.2 Å². The number of piperidine rings is 1. The molecule has 1 aromatic carbocycles. The van der Waals surface area contributed by atoms with Crippen molar-refractivity contribution < 1.29 is 9.53 Å². The van der Waals surface area contributed by atoms with Crippen molar-refractivity contribution in [3.63, 3.8) is 0 Å². The number of carbonyl (C=O) groups is 1. The van der Waals surface area contributed by atoms with E-state index in [2.05, 4.69) is 57.6 Å². The zero-order valence-electron chi connectivity index (χ0n) is 19.9. The van der Waals surface area contributed by atoms with Crippen LogP contribution in [0.2, 0.25) is 0 Å². The Kier molecular flexibility index (Phi) is 8.81. The molecule has 1 unspecified atom stereocenters. The Balaban J connectivity index is 0.000000771. The van der Waals surface area contributed by atoms with Crippen molar-refractivity contribution in [1.29, 1.82) is 5.26 Å². The topological polar surface area (TPSA) is 70.3 Å². The van der Waals surface area contributed by atoms with E-state index in [4.69, 9.17) is 4.74 Å². The van der Waals surface area contributed by atoms with Gasteiger partial charge in [-0.1, -0.05) is 19.9 Å². The third-order valence-corrected chi connectivity index (χ3v) is 6.52. The van der Waals surface area contributed by atoms with Crippen LogP contribution in [0.15, 0.2) is 60.5 Å². The fraction of sp³-hybridized carbons (Fsp3) is 0.385. The van der Waals surface area contributed by atoms with Crippen LogP contribution in [0.4, 0.5) is 5.69 Å². The second kappa shape index (κ2) is 11.6. The van der Waals surface area contributed by atoms with E-state index in [-0.39, 0.29) is 17.4 Å². The fourth-order valence-electron chi connectivity index (χ4n) is 4.89. The van der Waals surface area contributed by atoms with Gasteiger partial charge in [0, 0.05) is 25.0 Å². The van der Waals surface area contributed by atoms with Crippen LogP contribution in [0.25, 0.3) is 5.69 Å². The number of nitriles is 1. The summed E-state index contributed by atoms with van der Waals surface area (Å²) in [5.41, 5.74) is 3.67. The number of likely N-dealkylation sites (tertiary alicyclic amines) is 1. The number of nitrogens with one attached hydrogen (secondary N) is 1. The molecule has 1 aromatic heterocycles. The number of amides is 1. The Morgan fingerprint density at radius 2 is 1.97 bits per heavy atom. The number of methoxy groups -OCH3 is 1. The number of anilines is 1. The number of hydrogen-bond acceptors (Lipinski definition) is 6. The summed E-state index contributed by atoms with van der Waals surface area (Å²) < 4.78 is 7.48. The van der Waals surface area contributed by atoms with Gasteiger partial charge in [0.05, 0.1) is 41.6 Å². The molecule has 180 valence electrons. The minimum Gasteiger partial charge on any atom is -0.497 e. The molecule has 6 nitrogen and oxygen atoms in total. The second-order valence-electron chi connectivity index (χ2n) is 8.16. The highest BCUT2D eigenvalue weighted by atomic mass is 33.1. The maximum Gasteiger partial charge on any atom is 0.229 e. The number of aromatic nitrogens is 1. The van der Waals surface area contributed by atoms with E-state index in [0.29, 0.717) is 18.7 Å². The molecule has 1 atom stereocenters. The first-order valence-corrected chi connectivity index (χ1v) is 13.2. The number of nitrogens with zero attached hydrogens (tertiary/aromatic N) is 3. The molecule has 1 spiro atoms. The van der Waals surface area contributed by atoms with Crippen molar-refractivity contribution in [2.75, 3.05) is 25.5 Å². The summed E-state index contributed by atoms with van der Waals surface area (Å²) >= 11 is 6.44. The van der Waals surface area contributed by atoms with Crippen molar-refractivity contribution in [3.05, 3.63) is 71.8 Å². The molecule has 1 fully saturated rings. The Labute approximate surface area is 212 Å². The molecule has 1 aliphatic carbocycles. The number of allylic oxidation sites excluding steroid dienone is 2. The van der Waals surface area contributed by atoms with Gasteiger partial charge < -0.3 is 19.5 Å². The highest BCUT2D eigenvalue weighted by Crippen LogP contribution is 2.43. The molecule has 8 heteroatoms. The molecule has 1 saturated heterocycles. The summed E-state index contributed by atoms with van der Waals surface area (Å²) in [6.45, 7) is 5.41. The van der Waals surface area contributed by atoms with Crippen LogP contribution in [-0.2, 0) is 15.1 Å². The van der Waals surface area contributed by atoms with E-state index in [0.717, 1.165) is 36.4 Å². The van der Waals surface area contributed by atoms with Gasteiger partial charge in [0.25, 0.3) is 0 Å². The molecule has 3 heterocycles. The number of hydrogen-bond donors (Lipinski definition) is 3. The molecule has 2 aliphatic heterocycles. The van der Waals surface area contributed by atoms with Gasteiger partial charge in [0.15, 0.2) is 0 Å². The molecule has 3 aliphatic rings. The summed E-state index contributed by atoms with van der Waals surface area (Å²) in [5, 5.41) is 13.0. The highest BCUT2D eigenvalue weighted by molar-refractivity contribution is 8.59. The number of ether oxygens (including phenoxy) is 1. The molecular weight excluding hydrogens is 464 g/mol. The van der Waals surface area contributed by atoms with Crippen LogP contribution in [0.5, 0.6) is 0 Å². The molecule has 34 heavy (non-hydrogen) atoms. The third kappa shape index (κ3) is 4.86. The first kappa shape index (κ1) is 25.9. The van der Waals surface area contributed by atoms with Crippen molar-refractivity contribution in [3.8, 4) is 11.8 Å². The number of rotatable bonds is 2. The average Bonchev–Trinajstić information content (AvgIpc) is 3.43. The quantitative estimate of drug-likeness (QED) is 0.380. The normalized spacial score (nSPS) is 19.0. The maximum atomic E-state index is 13.1. The smallest absolute Gasteiger partial charge is 0.229 e. The van der Waals surface area contributed by atoms with Crippen LogP contribution >= 0.6 is 23.3 Å². The number of benzene rings is 1. The Morgan fingerprint density at radius 3 is 2.65 bits per heavy atom. The van der Waals surface area contributed by atoms with Crippen LogP contribution in [0, 0.1) is 17.2 Å². The van der Waals surface area contributed by atoms with Gasteiger partial charge in [-0.3, -0.25) is 4.79 Å². The first-order valence-electron chi connectivity index (χ1n) is 11.6. The molecule has 1 amide bonds. The molecular formula is C26H32N4O2S2. The summed E-state index contributed by atoms with van der Waals surface area (Å²) in [4.78, 5) is 15.1. The minimum absolute atomic E-state index is 0.146. The summed E-state index contributed by atoms with van der Waals surface area (Å²) in [7, 11) is 1.63. The van der Waals surface area contributed by atoms with Gasteiger partial charge in [0.1, 0.15) is 5.76 Å².